The molecule has 1 aromatic carbocycles. The molecule has 3 aromatic heterocycles. The summed E-state index contributed by atoms with van der Waals surface area (Å²) < 4.78 is 1.84. The van der Waals surface area contributed by atoms with E-state index < -0.39 is 0 Å². The van der Waals surface area contributed by atoms with Gasteiger partial charge >= 0.3 is 0 Å². The molecule has 0 aliphatic heterocycles. The van der Waals surface area contributed by atoms with Crippen molar-refractivity contribution in [1.29, 1.82) is 0 Å². The normalized spacial score (nSPS) is 9.90. The van der Waals surface area contributed by atoms with E-state index in [-0.39, 0.29) is 0 Å². The number of aromatic nitrogens is 4. The van der Waals surface area contributed by atoms with Gasteiger partial charge in [0, 0.05) is 42.6 Å². The summed E-state index contributed by atoms with van der Waals surface area (Å²) in [7, 11) is 0. The number of benzene rings is 1. The van der Waals surface area contributed by atoms with Crippen LogP contribution >= 0.6 is 0 Å². The lowest BCUT2D eigenvalue weighted by atomic mass is 10.1. The largest absolute Gasteiger partial charge is 0.366 e. The number of rotatable bonds is 5. The summed E-state index contributed by atoms with van der Waals surface area (Å²) in [5, 5.41) is 7.99. The molecular weight excluding hydrogens is 358 g/mol. The van der Waals surface area contributed by atoms with Crippen LogP contribution in [0.1, 0.15) is 31.9 Å². The predicted octanol–water partition coefficient (Wildman–Crippen LogP) is 5.00. The third kappa shape index (κ3) is 4.80. The monoisotopic (exact) mass is 383 g/mol. The van der Waals surface area contributed by atoms with Crippen LogP contribution < -0.4 is 5.32 Å². The van der Waals surface area contributed by atoms with E-state index in [9.17, 15) is 0 Å². The van der Waals surface area contributed by atoms with Crippen molar-refractivity contribution in [3.05, 3.63) is 78.2 Å². The van der Waals surface area contributed by atoms with E-state index >= 15 is 0 Å². The Bertz CT molecular complexity index is 1110. The van der Waals surface area contributed by atoms with Crippen LogP contribution in [0.2, 0.25) is 0 Å². The van der Waals surface area contributed by atoms with Gasteiger partial charge in [0.1, 0.15) is 5.82 Å². The van der Waals surface area contributed by atoms with Gasteiger partial charge in [0.25, 0.3) is 0 Å². The van der Waals surface area contributed by atoms with Gasteiger partial charge in [0.15, 0.2) is 5.65 Å². The van der Waals surface area contributed by atoms with Gasteiger partial charge in [-0.3, -0.25) is 4.98 Å². The average molecular weight is 383 g/mol. The Labute approximate surface area is 171 Å². The standard InChI is InChI=1S/C22H19N5.C2H6/c1-2-3-9-19-16-25-27-21(24-15-17-8-7-12-23-14-17)13-20(26-22(19)27)18-10-5-4-6-11-18;1-2/h4-8,10-14,16,24H,9,15H2,1H3;1-2H3. The highest BCUT2D eigenvalue weighted by Crippen LogP contribution is 2.24. The van der Waals surface area contributed by atoms with E-state index in [1.54, 1.807) is 6.20 Å². The molecule has 5 nitrogen and oxygen atoms in total. The summed E-state index contributed by atoms with van der Waals surface area (Å²) in [5.74, 6) is 6.94. The molecule has 3 heterocycles. The fourth-order valence-electron chi connectivity index (χ4n) is 2.89. The van der Waals surface area contributed by atoms with Gasteiger partial charge in [0.05, 0.1) is 11.9 Å². The van der Waals surface area contributed by atoms with E-state index in [1.165, 1.54) is 0 Å². The van der Waals surface area contributed by atoms with Gasteiger partial charge in [-0.2, -0.15) is 9.61 Å². The third-order valence-corrected chi connectivity index (χ3v) is 4.27. The Kier molecular flexibility index (Phi) is 6.96. The smallest absolute Gasteiger partial charge is 0.162 e. The zero-order valence-electron chi connectivity index (χ0n) is 17.1. The summed E-state index contributed by atoms with van der Waals surface area (Å²) in [6.45, 7) is 6.50. The second-order valence-corrected chi connectivity index (χ2v) is 6.12. The van der Waals surface area contributed by atoms with E-state index in [1.807, 2.05) is 74.1 Å². The molecule has 146 valence electrons. The van der Waals surface area contributed by atoms with Crippen molar-refractivity contribution in [2.45, 2.75) is 33.7 Å². The highest BCUT2D eigenvalue weighted by Gasteiger charge is 2.12. The Morgan fingerprint density at radius 2 is 1.86 bits per heavy atom. The number of fused-ring (bicyclic) bond motifs is 1. The van der Waals surface area contributed by atoms with Crippen molar-refractivity contribution in [3.63, 3.8) is 0 Å². The molecule has 29 heavy (non-hydrogen) atoms. The van der Waals surface area contributed by atoms with Crippen LogP contribution in [0.5, 0.6) is 0 Å². The van der Waals surface area contributed by atoms with Crippen LogP contribution in [0.25, 0.3) is 16.9 Å². The molecule has 0 saturated heterocycles. The molecule has 0 radical (unpaired) electrons. The maximum absolute atomic E-state index is 4.85. The second-order valence-electron chi connectivity index (χ2n) is 6.12. The molecule has 4 aromatic rings. The number of anilines is 1. The van der Waals surface area contributed by atoms with Crippen LogP contribution in [-0.4, -0.2) is 19.6 Å². The van der Waals surface area contributed by atoms with E-state index in [0.29, 0.717) is 13.0 Å². The van der Waals surface area contributed by atoms with E-state index in [4.69, 9.17) is 4.98 Å². The van der Waals surface area contributed by atoms with Gasteiger partial charge in [-0.25, -0.2) is 4.98 Å². The Morgan fingerprint density at radius 1 is 1.03 bits per heavy atom. The summed E-state index contributed by atoms with van der Waals surface area (Å²) >= 11 is 0. The molecule has 0 bridgehead atoms. The molecule has 4 rings (SSSR count). The first-order valence-electron chi connectivity index (χ1n) is 9.80. The topological polar surface area (TPSA) is 55.1 Å². The quantitative estimate of drug-likeness (QED) is 0.493. The zero-order chi connectivity index (χ0) is 20.5. The van der Waals surface area contributed by atoms with Gasteiger partial charge in [-0.15, -0.1) is 5.92 Å². The van der Waals surface area contributed by atoms with Gasteiger partial charge < -0.3 is 5.32 Å². The highest BCUT2D eigenvalue weighted by molar-refractivity contribution is 5.68. The summed E-state index contributed by atoms with van der Waals surface area (Å²) in [5.41, 5.74) is 4.92. The third-order valence-electron chi connectivity index (χ3n) is 4.27. The molecule has 0 atom stereocenters. The predicted molar refractivity (Wildman–Crippen MR) is 118 cm³/mol. The fourth-order valence-corrected chi connectivity index (χ4v) is 2.89. The SMILES string of the molecule is CC.CC#CCc1cnn2c(NCc3cccnc3)cc(-c3ccccc3)nc12. The maximum Gasteiger partial charge on any atom is 0.162 e. The zero-order valence-corrected chi connectivity index (χ0v) is 17.1. The van der Waals surface area contributed by atoms with E-state index in [2.05, 4.69) is 39.4 Å². The van der Waals surface area contributed by atoms with E-state index in [0.717, 1.165) is 33.8 Å². The first-order chi connectivity index (χ1) is 14.3. The van der Waals surface area contributed by atoms with Crippen LogP contribution in [0.4, 0.5) is 5.82 Å². The second kappa shape index (κ2) is 10.0. The molecule has 5 heteroatoms. The first kappa shape index (κ1) is 20.1. The molecule has 0 amide bonds. The van der Waals surface area contributed by atoms with Gasteiger partial charge in [-0.1, -0.05) is 56.2 Å². The highest BCUT2D eigenvalue weighted by atomic mass is 15.3. The molecule has 0 fully saturated rings. The molecule has 0 unspecified atom stereocenters. The van der Waals surface area contributed by atoms with Crippen LogP contribution in [0.3, 0.4) is 0 Å². The molecule has 0 aliphatic rings. The molecule has 0 aliphatic carbocycles. The van der Waals surface area contributed by atoms with Crippen molar-refractivity contribution >= 4 is 11.5 Å². The summed E-state index contributed by atoms with van der Waals surface area (Å²) in [6, 6.07) is 16.2. The number of pyridine rings is 1. The van der Waals surface area contributed by atoms with Crippen LogP contribution in [0, 0.1) is 11.8 Å². The van der Waals surface area contributed by atoms with Gasteiger partial charge in [-0.05, 0) is 18.6 Å². The van der Waals surface area contributed by atoms with Gasteiger partial charge in [0.2, 0.25) is 0 Å². The molecule has 1 N–H and O–H groups in total. The summed E-state index contributed by atoms with van der Waals surface area (Å²) in [6.07, 6.45) is 6.11. The summed E-state index contributed by atoms with van der Waals surface area (Å²) in [4.78, 5) is 9.03. The number of hydrogen-bond acceptors (Lipinski definition) is 4. The fraction of sp³-hybridized carbons (Fsp3) is 0.208. The molecule has 0 saturated carbocycles. The number of nitrogens with one attached hydrogen (secondary N) is 1. The molecule has 0 spiro atoms. The minimum atomic E-state index is 0.632. The first-order valence-corrected chi connectivity index (χ1v) is 9.80. The van der Waals surface area contributed by atoms with Crippen LogP contribution in [0.15, 0.2) is 67.1 Å². The van der Waals surface area contributed by atoms with Crippen molar-refractivity contribution in [1.82, 2.24) is 19.6 Å². The number of hydrogen-bond donors (Lipinski definition) is 1. The minimum Gasteiger partial charge on any atom is -0.366 e. The Balaban J connectivity index is 0.00000117. The van der Waals surface area contributed by atoms with Crippen molar-refractivity contribution in [2.24, 2.45) is 0 Å². The lowest BCUT2D eigenvalue weighted by Gasteiger charge is -2.11. The van der Waals surface area contributed by atoms with Crippen molar-refractivity contribution < 1.29 is 0 Å². The lowest BCUT2D eigenvalue weighted by molar-refractivity contribution is 0.925. The maximum atomic E-state index is 4.85. The molecular formula is C24H25N5. The Morgan fingerprint density at radius 3 is 2.59 bits per heavy atom. The van der Waals surface area contributed by atoms with Crippen molar-refractivity contribution in [3.8, 4) is 23.1 Å². The Hall–Kier alpha value is -3.65. The minimum absolute atomic E-state index is 0.632. The van der Waals surface area contributed by atoms with Crippen LogP contribution in [-0.2, 0) is 13.0 Å². The number of nitrogens with zero attached hydrogens (tertiary/aromatic N) is 4. The lowest BCUT2D eigenvalue weighted by Crippen LogP contribution is -2.07. The van der Waals surface area contributed by atoms with Crippen molar-refractivity contribution in [2.75, 3.05) is 5.32 Å². The average Bonchev–Trinajstić information content (AvgIpc) is 3.21.